The number of amides is 1. The summed E-state index contributed by atoms with van der Waals surface area (Å²) in [5, 5.41) is 1.06. The van der Waals surface area contributed by atoms with Crippen molar-refractivity contribution in [3.63, 3.8) is 0 Å². The van der Waals surface area contributed by atoms with Gasteiger partial charge in [-0.15, -0.1) is 0 Å². The average molecular weight is 556 g/mol. The number of ether oxygens (including phenoxy) is 2. The Bertz CT molecular complexity index is 1610. The van der Waals surface area contributed by atoms with E-state index in [0.717, 1.165) is 22.2 Å². The first-order valence-electron chi connectivity index (χ1n) is 11.9. The first-order chi connectivity index (χ1) is 18.1. The van der Waals surface area contributed by atoms with Gasteiger partial charge in [0.25, 0.3) is 10.0 Å². The van der Waals surface area contributed by atoms with Crippen LogP contribution in [0.15, 0.2) is 77.7 Å². The molecule has 0 aliphatic heterocycles. The van der Waals surface area contributed by atoms with E-state index in [9.17, 15) is 18.0 Å². The summed E-state index contributed by atoms with van der Waals surface area (Å²) < 4.78 is 38.0. The van der Waals surface area contributed by atoms with E-state index in [1.54, 1.807) is 33.1 Å². The third-order valence-corrected chi connectivity index (χ3v) is 7.36. The van der Waals surface area contributed by atoms with Gasteiger partial charge in [0, 0.05) is 69.1 Å². The molecule has 0 spiro atoms. The first kappa shape index (κ1) is 30.2. The van der Waals surface area contributed by atoms with Crippen molar-refractivity contribution < 1.29 is 27.5 Å². The Morgan fingerprint density at radius 1 is 0.923 bits per heavy atom. The van der Waals surface area contributed by atoms with Crippen LogP contribution in [0.25, 0.3) is 28.2 Å². The summed E-state index contributed by atoms with van der Waals surface area (Å²) >= 11 is 0. The molecule has 1 heterocycles. The van der Waals surface area contributed by atoms with Crippen molar-refractivity contribution >= 4 is 68.2 Å². The SMILES string of the molecule is COc1cc(OC)c(-c2cc3ccccc3[nH]2)cc1C=CC(=O)c1ccc(S(=O)(=O)NC(=O)C(C)C)cc1.[Na]. The van der Waals surface area contributed by atoms with Gasteiger partial charge in [-0.3, -0.25) is 9.59 Å². The van der Waals surface area contributed by atoms with Crippen LogP contribution in [0.2, 0.25) is 0 Å². The van der Waals surface area contributed by atoms with Crippen molar-refractivity contribution in [3.8, 4) is 22.8 Å². The molecule has 0 bridgehead atoms. The largest absolute Gasteiger partial charge is 0.496 e. The number of rotatable bonds is 9. The van der Waals surface area contributed by atoms with Gasteiger partial charge in [0.2, 0.25) is 5.91 Å². The molecule has 39 heavy (non-hydrogen) atoms. The predicted molar refractivity (Wildman–Crippen MR) is 153 cm³/mol. The quantitative estimate of drug-likeness (QED) is 0.174. The molecular weight excluding hydrogens is 527 g/mol. The Morgan fingerprint density at radius 3 is 2.21 bits per heavy atom. The third-order valence-electron chi connectivity index (χ3n) is 5.99. The van der Waals surface area contributed by atoms with Crippen LogP contribution >= 0.6 is 0 Å². The van der Waals surface area contributed by atoms with E-state index in [4.69, 9.17) is 9.47 Å². The number of ketones is 1. The molecule has 0 unspecified atom stereocenters. The van der Waals surface area contributed by atoms with E-state index in [2.05, 4.69) is 4.98 Å². The van der Waals surface area contributed by atoms with Crippen LogP contribution in [0.5, 0.6) is 11.5 Å². The zero-order valence-corrected chi connectivity index (χ0v) is 25.3. The average Bonchev–Trinajstić information content (AvgIpc) is 3.35. The monoisotopic (exact) mass is 555 g/mol. The fourth-order valence-corrected chi connectivity index (χ4v) is 4.96. The van der Waals surface area contributed by atoms with Gasteiger partial charge >= 0.3 is 0 Å². The molecule has 2 N–H and O–H groups in total. The van der Waals surface area contributed by atoms with Crippen LogP contribution in [-0.4, -0.2) is 68.9 Å². The summed E-state index contributed by atoms with van der Waals surface area (Å²) in [6.07, 6.45) is 3.03. The van der Waals surface area contributed by atoms with Crippen LogP contribution in [-0.2, 0) is 14.8 Å². The smallest absolute Gasteiger partial charge is 0.264 e. The van der Waals surface area contributed by atoms with E-state index in [0.29, 0.717) is 22.6 Å². The van der Waals surface area contributed by atoms with E-state index in [1.807, 2.05) is 41.1 Å². The molecule has 1 aromatic heterocycles. The summed E-state index contributed by atoms with van der Waals surface area (Å²) in [7, 11) is -0.902. The number of fused-ring (bicyclic) bond motifs is 1. The number of sulfonamides is 1. The molecule has 1 radical (unpaired) electrons. The van der Waals surface area contributed by atoms with E-state index in [1.165, 1.54) is 37.5 Å². The van der Waals surface area contributed by atoms with Crippen LogP contribution in [0, 0.1) is 5.92 Å². The summed E-state index contributed by atoms with van der Waals surface area (Å²) in [5.41, 5.74) is 3.59. The number of methoxy groups -OCH3 is 2. The second-order valence-electron chi connectivity index (χ2n) is 8.91. The van der Waals surface area contributed by atoms with Crippen LogP contribution in [0.3, 0.4) is 0 Å². The molecule has 8 nitrogen and oxygen atoms in total. The maximum Gasteiger partial charge on any atom is 0.264 e. The Kier molecular flexibility index (Phi) is 9.79. The van der Waals surface area contributed by atoms with E-state index < -0.39 is 21.8 Å². The van der Waals surface area contributed by atoms with E-state index in [-0.39, 0.29) is 40.2 Å². The molecule has 10 heteroatoms. The molecule has 1 amide bonds. The minimum atomic E-state index is -4.02. The third kappa shape index (κ3) is 6.80. The fraction of sp³-hybridized carbons (Fsp3) is 0.172. The molecule has 4 aromatic rings. The van der Waals surface area contributed by atoms with Gasteiger partial charge in [0.15, 0.2) is 5.78 Å². The molecule has 3 aromatic carbocycles. The van der Waals surface area contributed by atoms with Crippen molar-refractivity contribution in [2.45, 2.75) is 18.7 Å². The second-order valence-corrected chi connectivity index (χ2v) is 10.6. The predicted octanol–water partition coefficient (Wildman–Crippen LogP) is 4.83. The van der Waals surface area contributed by atoms with Gasteiger partial charge in [-0.2, -0.15) is 0 Å². The van der Waals surface area contributed by atoms with Crippen molar-refractivity contribution in [2.24, 2.45) is 5.92 Å². The number of hydrogen-bond acceptors (Lipinski definition) is 6. The maximum absolute atomic E-state index is 12.9. The van der Waals surface area contributed by atoms with Gasteiger partial charge in [0.05, 0.1) is 24.8 Å². The topological polar surface area (TPSA) is 115 Å². The van der Waals surface area contributed by atoms with E-state index >= 15 is 0 Å². The summed E-state index contributed by atoms with van der Waals surface area (Å²) in [5.74, 6) is -0.285. The summed E-state index contributed by atoms with van der Waals surface area (Å²) in [6.45, 7) is 3.19. The minimum absolute atomic E-state index is 0. The van der Waals surface area contributed by atoms with Gasteiger partial charge in [0.1, 0.15) is 11.5 Å². The van der Waals surface area contributed by atoms with Crippen LogP contribution in [0.4, 0.5) is 0 Å². The molecule has 197 valence electrons. The number of hydrogen-bond donors (Lipinski definition) is 2. The minimum Gasteiger partial charge on any atom is -0.496 e. The molecule has 0 saturated carbocycles. The van der Waals surface area contributed by atoms with Gasteiger partial charge < -0.3 is 14.5 Å². The molecule has 0 fully saturated rings. The Morgan fingerprint density at radius 2 is 1.59 bits per heavy atom. The number of nitrogens with one attached hydrogen (secondary N) is 2. The Balaban J connectivity index is 0.00000420. The summed E-state index contributed by atoms with van der Waals surface area (Å²) in [6, 6.07) is 19.0. The Hall–Kier alpha value is -3.37. The molecule has 0 aliphatic carbocycles. The van der Waals surface area contributed by atoms with Crippen molar-refractivity contribution in [2.75, 3.05) is 14.2 Å². The van der Waals surface area contributed by atoms with Gasteiger partial charge in [-0.25, -0.2) is 13.1 Å². The normalized spacial score (nSPS) is 11.4. The zero-order valence-electron chi connectivity index (χ0n) is 22.4. The Labute approximate surface area is 249 Å². The maximum atomic E-state index is 12.9. The summed E-state index contributed by atoms with van der Waals surface area (Å²) in [4.78, 5) is 28.0. The number of para-hydroxylation sites is 1. The number of aromatic amines is 1. The molecule has 0 atom stereocenters. The number of aromatic nitrogens is 1. The molecule has 4 rings (SSSR count). The van der Waals surface area contributed by atoms with Crippen molar-refractivity contribution in [3.05, 3.63) is 83.9 Å². The number of benzene rings is 3. The molecular formula is C29H28N2NaO6S. The number of carbonyl (C=O) groups excluding carboxylic acids is 2. The van der Waals surface area contributed by atoms with Gasteiger partial charge in [-0.1, -0.05) is 32.0 Å². The molecule has 0 aliphatic rings. The number of allylic oxidation sites excluding steroid dienone is 1. The fourth-order valence-electron chi connectivity index (χ4n) is 3.85. The molecule has 0 saturated heterocycles. The standard InChI is InChI=1S/C29H28N2O6S.Na/c1-18(2)29(33)31-38(34,35)22-12-9-19(10-13-22)26(32)14-11-21-15-23(28(37-4)17-27(21)36-3)25-16-20-7-5-6-8-24(20)30-25;/h5-18,30H,1-4H3,(H,31,33);. The van der Waals surface area contributed by atoms with Crippen molar-refractivity contribution in [1.29, 1.82) is 0 Å². The van der Waals surface area contributed by atoms with Crippen LogP contribution in [0.1, 0.15) is 29.8 Å². The zero-order chi connectivity index (χ0) is 27.4. The van der Waals surface area contributed by atoms with Crippen molar-refractivity contribution in [1.82, 2.24) is 9.71 Å². The first-order valence-corrected chi connectivity index (χ1v) is 13.3. The second kappa shape index (κ2) is 12.7. The number of H-pyrrole nitrogens is 1. The van der Waals surface area contributed by atoms with Gasteiger partial charge in [-0.05, 0) is 54.6 Å². The number of carbonyl (C=O) groups is 2. The van der Waals surface area contributed by atoms with Crippen LogP contribution < -0.4 is 14.2 Å².